The van der Waals surface area contributed by atoms with Crippen LogP contribution in [0.15, 0.2) is 53.0 Å². The van der Waals surface area contributed by atoms with Gasteiger partial charge in [0.2, 0.25) is 5.91 Å². The minimum absolute atomic E-state index is 0.0725. The third-order valence-corrected chi connectivity index (χ3v) is 4.96. The predicted molar refractivity (Wildman–Crippen MR) is 98.1 cm³/mol. The molecule has 0 radical (unpaired) electrons. The van der Waals surface area contributed by atoms with Gasteiger partial charge in [-0.3, -0.25) is 9.59 Å². The third-order valence-electron chi connectivity index (χ3n) is 4.11. The second-order valence-corrected chi connectivity index (χ2v) is 6.71. The summed E-state index contributed by atoms with van der Waals surface area (Å²) in [6.45, 7) is 3.79. The van der Waals surface area contributed by atoms with Gasteiger partial charge in [-0.2, -0.15) is 0 Å². The second kappa shape index (κ2) is 8.11. The lowest BCUT2D eigenvalue weighted by Gasteiger charge is -2.20. The highest BCUT2D eigenvalue weighted by atomic mass is 79.9. The first kappa shape index (κ1) is 18.2. The molecule has 0 bridgehead atoms. The molecule has 2 rings (SSSR count). The van der Waals surface area contributed by atoms with E-state index in [1.165, 1.54) is 0 Å². The first-order valence-corrected chi connectivity index (χ1v) is 8.51. The van der Waals surface area contributed by atoms with E-state index in [1.54, 1.807) is 6.07 Å². The van der Waals surface area contributed by atoms with E-state index in [9.17, 15) is 14.7 Å². The number of nitrogens with one attached hydrogen (secondary N) is 1. The van der Waals surface area contributed by atoms with Crippen LogP contribution in [0.1, 0.15) is 30.4 Å². The molecule has 0 saturated heterocycles. The Kier molecular flexibility index (Phi) is 6.15. The van der Waals surface area contributed by atoms with Crippen molar-refractivity contribution in [3.8, 4) is 0 Å². The van der Waals surface area contributed by atoms with E-state index in [-0.39, 0.29) is 18.2 Å². The number of carboxylic acid groups (broad SMARTS) is 1. The topological polar surface area (TPSA) is 66.4 Å². The zero-order valence-corrected chi connectivity index (χ0v) is 15.2. The fourth-order valence-corrected chi connectivity index (χ4v) is 2.93. The van der Waals surface area contributed by atoms with Crippen LogP contribution in [0, 0.1) is 12.8 Å². The summed E-state index contributed by atoms with van der Waals surface area (Å²) in [6, 6.07) is 14.9. The van der Waals surface area contributed by atoms with E-state index in [1.807, 2.05) is 56.3 Å². The molecule has 0 aliphatic carbocycles. The average Bonchev–Trinajstić information content (AvgIpc) is 2.56. The van der Waals surface area contributed by atoms with Crippen LogP contribution >= 0.6 is 15.9 Å². The SMILES string of the molecule is Cc1ccc(NC(=O)C[C@@H](C(=O)O)[C@H](C)c2ccccc2)cc1Br. The molecule has 0 aliphatic rings. The number of aryl methyl sites for hydroxylation is 1. The molecular weight excluding hydrogens is 370 g/mol. The van der Waals surface area contributed by atoms with E-state index in [0.717, 1.165) is 15.6 Å². The molecule has 0 fully saturated rings. The smallest absolute Gasteiger partial charge is 0.307 e. The Hall–Kier alpha value is -2.14. The molecule has 0 aromatic heterocycles. The summed E-state index contributed by atoms with van der Waals surface area (Å²) in [4.78, 5) is 23.9. The van der Waals surface area contributed by atoms with Crippen LogP contribution in [0.2, 0.25) is 0 Å². The summed E-state index contributed by atoms with van der Waals surface area (Å²) in [5.74, 6) is -2.30. The molecule has 0 heterocycles. The van der Waals surface area contributed by atoms with Gasteiger partial charge < -0.3 is 10.4 Å². The molecule has 4 nitrogen and oxygen atoms in total. The first-order chi connectivity index (χ1) is 11.4. The van der Waals surface area contributed by atoms with Crippen LogP contribution in [-0.4, -0.2) is 17.0 Å². The van der Waals surface area contributed by atoms with E-state index < -0.39 is 11.9 Å². The molecule has 2 atom stereocenters. The number of carboxylic acids is 1. The molecule has 2 aromatic rings. The lowest BCUT2D eigenvalue weighted by molar-refractivity contribution is -0.144. The van der Waals surface area contributed by atoms with Gasteiger partial charge in [-0.15, -0.1) is 0 Å². The number of hydrogen-bond donors (Lipinski definition) is 2. The van der Waals surface area contributed by atoms with Gasteiger partial charge in [0.1, 0.15) is 0 Å². The number of halogens is 1. The Morgan fingerprint density at radius 3 is 2.42 bits per heavy atom. The molecule has 5 heteroatoms. The van der Waals surface area contributed by atoms with Crippen molar-refractivity contribution in [1.82, 2.24) is 0 Å². The summed E-state index contributed by atoms with van der Waals surface area (Å²) in [5.41, 5.74) is 2.62. The van der Waals surface area contributed by atoms with Crippen molar-refractivity contribution in [3.63, 3.8) is 0 Å². The standard InChI is InChI=1S/C19H20BrNO3/c1-12-8-9-15(10-17(12)20)21-18(22)11-16(19(23)24)13(2)14-6-4-3-5-7-14/h3-10,13,16H,11H2,1-2H3,(H,21,22)(H,23,24)/t13-,16-/m1/s1. The Morgan fingerprint density at radius 1 is 1.17 bits per heavy atom. The molecule has 0 saturated carbocycles. The number of rotatable bonds is 6. The molecule has 2 aromatic carbocycles. The van der Waals surface area contributed by atoms with Crippen molar-refractivity contribution in [2.45, 2.75) is 26.2 Å². The Bertz CT molecular complexity index is 731. The highest BCUT2D eigenvalue weighted by molar-refractivity contribution is 9.10. The second-order valence-electron chi connectivity index (χ2n) is 5.86. The number of carbonyl (C=O) groups is 2. The zero-order valence-electron chi connectivity index (χ0n) is 13.6. The summed E-state index contributed by atoms with van der Waals surface area (Å²) in [7, 11) is 0. The highest BCUT2D eigenvalue weighted by Crippen LogP contribution is 2.28. The first-order valence-electron chi connectivity index (χ1n) is 7.72. The van der Waals surface area contributed by atoms with Gasteiger partial charge >= 0.3 is 5.97 Å². The zero-order chi connectivity index (χ0) is 17.7. The van der Waals surface area contributed by atoms with Gasteiger partial charge in [0.05, 0.1) is 5.92 Å². The molecule has 0 unspecified atom stereocenters. The van der Waals surface area contributed by atoms with Crippen molar-refractivity contribution in [1.29, 1.82) is 0 Å². The fraction of sp³-hybridized carbons (Fsp3) is 0.263. The van der Waals surface area contributed by atoms with Gasteiger partial charge in [0.15, 0.2) is 0 Å². The minimum Gasteiger partial charge on any atom is -0.481 e. The van der Waals surface area contributed by atoms with Gasteiger partial charge in [0, 0.05) is 16.6 Å². The van der Waals surface area contributed by atoms with Crippen molar-refractivity contribution in [2.75, 3.05) is 5.32 Å². The van der Waals surface area contributed by atoms with E-state index >= 15 is 0 Å². The predicted octanol–water partition coefficient (Wildman–Crippen LogP) is 4.59. The van der Waals surface area contributed by atoms with E-state index in [4.69, 9.17) is 0 Å². The molecular formula is C19H20BrNO3. The molecule has 0 spiro atoms. The lowest BCUT2D eigenvalue weighted by Crippen LogP contribution is -2.26. The largest absolute Gasteiger partial charge is 0.481 e. The van der Waals surface area contributed by atoms with Gasteiger partial charge in [-0.25, -0.2) is 0 Å². The number of amides is 1. The van der Waals surface area contributed by atoms with Crippen molar-refractivity contribution in [2.24, 2.45) is 5.92 Å². The van der Waals surface area contributed by atoms with Crippen molar-refractivity contribution in [3.05, 3.63) is 64.1 Å². The normalized spacial score (nSPS) is 13.1. The fourth-order valence-electron chi connectivity index (χ4n) is 2.55. The Balaban J connectivity index is 2.08. The summed E-state index contributed by atoms with van der Waals surface area (Å²) >= 11 is 3.42. The number of anilines is 1. The van der Waals surface area contributed by atoms with Crippen LogP contribution in [0.3, 0.4) is 0 Å². The number of carbonyl (C=O) groups excluding carboxylic acids is 1. The summed E-state index contributed by atoms with van der Waals surface area (Å²) in [5, 5.41) is 12.3. The summed E-state index contributed by atoms with van der Waals surface area (Å²) < 4.78 is 0.896. The number of benzene rings is 2. The van der Waals surface area contributed by atoms with Crippen LogP contribution in [0.5, 0.6) is 0 Å². The maximum Gasteiger partial charge on any atom is 0.307 e. The van der Waals surface area contributed by atoms with Crippen LogP contribution in [0.25, 0.3) is 0 Å². The van der Waals surface area contributed by atoms with Gasteiger partial charge in [0.25, 0.3) is 0 Å². The van der Waals surface area contributed by atoms with E-state index in [0.29, 0.717) is 5.69 Å². The van der Waals surface area contributed by atoms with Gasteiger partial charge in [-0.1, -0.05) is 59.3 Å². The van der Waals surface area contributed by atoms with Crippen molar-refractivity contribution >= 4 is 33.5 Å². The third kappa shape index (κ3) is 4.68. The summed E-state index contributed by atoms with van der Waals surface area (Å²) in [6.07, 6.45) is -0.0725. The van der Waals surface area contributed by atoms with Crippen LogP contribution in [-0.2, 0) is 9.59 Å². The maximum atomic E-state index is 12.3. The molecule has 24 heavy (non-hydrogen) atoms. The Morgan fingerprint density at radius 2 is 1.83 bits per heavy atom. The van der Waals surface area contributed by atoms with E-state index in [2.05, 4.69) is 21.2 Å². The minimum atomic E-state index is -0.966. The Labute approximate surface area is 150 Å². The lowest BCUT2D eigenvalue weighted by atomic mass is 9.85. The number of hydrogen-bond acceptors (Lipinski definition) is 2. The van der Waals surface area contributed by atoms with Gasteiger partial charge in [-0.05, 0) is 36.1 Å². The molecule has 1 amide bonds. The molecule has 0 aliphatic heterocycles. The number of aliphatic carboxylic acids is 1. The maximum absolute atomic E-state index is 12.3. The molecule has 126 valence electrons. The van der Waals surface area contributed by atoms with Crippen LogP contribution < -0.4 is 5.32 Å². The molecule has 2 N–H and O–H groups in total. The monoisotopic (exact) mass is 389 g/mol. The average molecular weight is 390 g/mol. The highest BCUT2D eigenvalue weighted by Gasteiger charge is 2.28. The van der Waals surface area contributed by atoms with Crippen LogP contribution in [0.4, 0.5) is 5.69 Å². The van der Waals surface area contributed by atoms with Crippen molar-refractivity contribution < 1.29 is 14.7 Å². The quantitative estimate of drug-likeness (QED) is 0.758.